The van der Waals surface area contributed by atoms with E-state index in [0.717, 1.165) is 0 Å². The number of nitrogens with one attached hydrogen (secondary N) is 2. The van der Waals surface area contributed by atoms with E-state index in [1.165, 1.54) is 12.3 Å². The average Bonchev–Trinajstić information content (AvgIpc) is 2.46. The molecule has 0 fully saturated rings. The maximum Gasteiger partial charge on any atom is 0.387 e. The van der Waals surface area contributed by atoms with Crippen LogP contribution in [0.1, 0.15) is 12.0 Å². The molecule has 0 aromatic heterocycles. The highest BCUT2D eigenvalue weighted by molar-refractivity contribution is 14.0. The molecule has 0 unspecified atom stereocenters. The van der Waals surface area contributed by atoms with Gasteiger partial charge in [0.05, 0.1) is 5.75 Å². The number of halogens is 3. The van der Waals surface area contributed by atoms with Gasteiger partial charge in [-0.1, -0.05) is 18.2 Å². The fraction of sp³-hybridized carbons (Fsp3) is 0.500. The molecule has 2 N–H and O–H groups in total. The lowest BCUT2D eigenvalue weighted by molar-refractivity contribution is -0.0504. The smallest absolute Gasteiger partial charge is 0.387 e. The molecule has 0 aliphatic heterocycles. The van der Waals surface area contributed by atoms with Crippen LogP contribution in [-0.2, 0) is 16.4 Å². The largest absolute Gasteiger partial charge is 0.434 e. The van der Waals surface area contributed by atoms with Gasteiger partial charge in [-0.05, 0) is 12.5 Å². The quantitative estimate of drug-likeness (QED) is 0.259. The van der Waals surface area contributed by atoms with Crippen LogP contribution in [0.4, 0.5) is 8.78 Å². The van der Waals surface area contributed by atoms with E-state index in [9.17, 15) is 17.2 Å². The molecule has 0 spiro atoms. The molecular formula is C14H22F2IN3O3S. The third-order valence-electron chi connectivity index (χ3n) is 2.84. The van der Waals surface area contributed by atoms with E-state index in [2.05, 4.69) is 20.4 Å². The number of ether oxygens (including phenoxy) is 1. The Kier molecular flexibility index (Phi) is 10.8. The predicted molar refractivity (Wildman–Crippen MR) is 101 cm³/mol. The first-order valence-corrected chi connectivity index (χ1v) is 9.03. The molecule has 1 aromatic rings. The third kappa shape index (κ3) is 9.85. The molecule has 0 bridgehead atoms. The van der Waals surface area contributed by atoms with E-state index in [-0.39, 0.29) is 42.0 Å². The van der Waals surface area contributed by atoms with Gasteiger partial charge in [0.15, 0.2) is 5.96 Å². The number of sulfone groups is 1. The van der Waals surface area contributed by atoms with Gasteiger partial charge in [0, 0.05) is 32.0 Å². The van der Waals surface area contributed by atoms with E-state index in [1.54, 1.807) is 25.2 Å². The summed E-state index contributed by atoms with van der Waals surface area (Å²) >= 11 is 0. The van der Waals surface area contributed by atoms with E-state index in [4.69, 9.17) is 0 Å². The maximum atomic E-state index is 12.3. The Bertz CT molecular complexity index is 627. The van der Waals surface area contributed by atoms with Crippen LogP contribution in [0.2, 0.25) is 0 Å². The first-order valence-electron chi connectivity index (χ1n) is 6.97. The first kappa shape index (κ1) is 22.8. The molecule has 0 saturated carbocycles. The van der Waals surface area contributed by atoms with Crippen molar-refractivity contribution in [2.45, 2.75) is 19.6 Å². The predicted octanol–water partition coefficient (Wildman–Crippen LogP) is 2.01. The second-order valence-corrected chi connectivity index (χ2v) is 7.08. The minimum Gasteiger partial charge on any atom is -0.434 e. The third-order valence-corrected chi connectivity index (χ3v) is 3.87. The highest BCUT2D eigenvalue weighted by Gasteiger charge is 2.09. The van der Waals surface area contributed by atoms with E-state index < -0.39 is 16.4 Å². The van der Waals surface area contributed by atoms with E-state index in [1.807, 2.05) is 0 Å². The van der Waals surface area contributed by atoms with Gasteiger partial charge in [0.25, 0.3) is 0 Å². The van der Waals surface area contributed by atoms with E-state index in [0.29, 0.717) is 24.5 Å². The Morgan fingerprint density at radius 3 is 2.54 bits per heavy atom. The van der Waals surface area contributed by atoms with Crippen LogP contribution in [0.25, 0.3) is 0 Å². The summed E-state index contributed by atoms with van der Waals surface area (Å²) in [6.07, 6.45) is 1.63. The molecule has 1 rings (SSSR count). The Labute approximate surface area is 158 Å². The molecule has 0 radical (unpaired) electrons. The molecule has 6 nitrogen and oxygen atoms in total. The SMILES string of the molecule is CN=C(NCCCS(C)(=O)=O)NCc1ccccc1OC(F)F.I. The fourth-order valence-corrected chi connectivity index (χ4v) is 2.47. The lowest BCUT2D eigenvalue weighted by atomic mass is 10.2. The summed E-state index contributed by atoms with van der Waals surface area (Å²) < 4.78 is 51.2. The zero-order valence-electron chi connectivity index (χ0n) is 13.5. The topological polar surface area (TPSA) is 79.8 Å². The van der Waals surface area contributed by atoms with Crippen molar-refractivity contribution in [3.8, 4) is 5.75 Å². The van der Waals surface area contributed by atoms with Gasteiger partial charge < -0.3 is 15.4 Å². The Hall–Kier alpha value is -1.17. The molecule has 0 aliphatic carbocycles. The van der Waals surface area contributed by atoms with Gasteiger partial charge in [0.1, 0.15) is 15.6 Å². The minimum atomic E-state index is -2.99. The number of hydrogen-bond acceptors (Lipinski definition) is 4. The summed E-state index contributed by atoms with van der Waals surface area (Å²) in [5, 5.41) is 5.92. The van der Waals surface area contributed by atoms with E-state index >= 15 is 0 Å². The number of rotatable bonds is 8. The van der Waals surface area contributed by atoms with Crippen molar-refractivity contribution in [3.63, 3.8) is 0 Å². The van der Waals surface area contributed by atoms with Crippen LogP contribution in [0.5, 0.6) is 5.75 Å². The van der Waals surface area contributed by atoms with Crippen molar-refractivity contribution in [1.29, 1.82) is 0 Å². The summed E-state index contributed by atoms with van der Waals surface area (Å²) in [6.45, 7) is -2.21. The van der Waals surface area contributed by atoms with Crippen molar-refractivity contribution in [2.24, 2.45) is 4.99 Å². The first-order chi connectivity index (χ1) is 10.8. The second kappa shape index (κ2) is 11.4. The maximum absolute atomic E-state index is 12.3. The Morgan fingerprint density at radius 1 is 1.29 bits per heavy atom. The molecule has 0 saturated heterocycles. The molecule has 0 aliphatic rings. The number of guanidine groups is 1. The fourth-order valence-electron chi connectivity index (χ4n) is 1.80. The van der Waals surface area contributed by atoms with Crippen molar-refractivity contribution in [3.05, 3.63) is 29.8 Å². The van der Waals surface area contributed by atoms with Crippen LogP contribution in [0.15, 0.2) is 29.3 Å². The number of benzene rings is 1. The van der Waals surface area contributed by atoms with Crippen molar-refractivity contribution < 1.29 is 21.9 Å². The normalized spacial score (nSPS) is 11.8. The minimum absolute atomic E-state index is 0. The monoisotopic (exact) mass is 477 g/mol. The van der Waals surface area contributed by atoms with Gasteiger partial charge in [-0.15, -0.1) is 24.0 Å². The Balaban J connectivity index is 0.00000529. The molecule has 138 valence electrons. The highest BCUT2D eigenvalue weighted by Crippen LogP contribution is 2.19. The second-order valence-electron chi connectivity index (χ2n) is 4.82. The van der Waals surface area contributed by atoms with Gasteiger partial charge in [-0.3, -0.25) is 4.99 Å². The number of alkyl halides is 2. The lowest BCUT2D eigenvalue weighted by Gasteiger charge is -2.14. The summed E-state index contributed by atoms with van der Waals surface area (Å²) in [5.41, 5.74) is 0.562. The zero-order valence-corrected chi connectivity index (χ0v) is 16.6. The summed E-state index contributed by atoms with van der Waals surface area (Å²) in [6, 6.07) is 6.46. The highest BCUT2D eigenvalue weighted by atomic mass is 127. The molecular weight excluding hydrogens is 455 g/mol. The molecule has 24 heavy (non-hydrogen) atoms. The van der Waals surface area contributed by atoms with Crippen LogP contribution in [0, 0.1) is 0 Å². The zero-order chi connectivity index (χ0) is 17.3. The number of hydrogen-bond donors (Lipinski definition) is 2. The van der Waals surface area contributed by atoms with Gasteiger partial charge in [-0.2, -0.15) is 8.78 Å². The molecule has 10 heteroatoms. The molecule has 0 atom stereocenters. The van der Waals surface area contributed by atoms with Gasteiger partial charge in [0.2, 0.25) is 0 Å². The molecule has 0 amide bonds. The standard InChI is InChI=1S/C14H21F2N3O3S.HI/c1-17-14(18-8-5-9-23(2,20)21)19-10-11-6-3-4-7-12(11)22-13(15)16;/h3-4,6-7,13H,5,8-10H2,1-2H3,(H2,17,18,19);1H. The summed E-state index contributed by atoms with van der Waals surface area (Å²) in [5.74, 6) is 0.634. The van der Waals surface area contributed by atoms with Crippen LogP contribution >= 0.6 is 24.0 Å². The summed E-state index contributed by atoms with van der Waals surface area (Å²) in [7, 11) is -1.43. The Morgan fingerprint density at radius 2 is 1.96 bits per heavy atom. The number of aliphatic imine (C=N–C) groups is 1. The van der Waals surface area contributed by atoms with Crippen molar-refractivity contribution >= 4 is 39.8 Å². The summed E-state index contributed by atoms with van der Waals surface area (Å²) in [4.78, 5) is 3.98. The van der Waals surface area contributed by atoms with Crippen LogP contribution in [-0.4, -0.2) is 46.6 Å². The molecule has 1 aromatic carbocycles. The van der Waals surface area contributed by atoms with Crippen LogP contribution in [0.3, 0.4) is 0 Å². The van der Waals surface area contributed by atoms with Crippen molar-refractivity contribution in [2.75, 3.05) is 25.6 Å². The lowest BCUT2D eigenvalue weighted by Crippen LogP contribution is -2.37. The van der Waals surface area contributed by atoms with Gasteiger partial charge >= 0.3 is 6.61 Å². The number of para-hydroxylation sites is 1. The van der Waals surface area contributed by atoms with Crippen LogP contribution < -0.4 is 15.4 Å². The average molecular weight is 477 g/mol. The van der Waals surface area contributed by atoms with Crippen molar-refractivity contribution in [1.82, 2.24) is 10.6 Å². The van der Waals surface area contributed by atoms with Gasteiger partial charge in [-0.25, -0.2) is 8.42 Å². The molecule has 0 heterocycles. The number of nitrogens with zero attached hydrogens (tertiary/aromatic N) is 1.